The van der Waals surface area contributed by atoms with Crippen molar-refractivity contribution in [2.45, 2.75) is 13.3 Å². The minimum Gasteiger partial charge on any atom is -0.352 e. The van der Waals surface area contributed by atoms with Crippen molar-refractivity contribution < 1.29 is 9.59 Å². The van der Waals surface area contributed by atoms with Crippen molar-refractivity contribution in [2.24, 2.45) is 0 Å². The van der Waals surface area contributed by atoms with Crippen LogP contribution in [0.25, 0.3) is 11.3 Å². The third kappa shape index (κ3) is 6.85. The molecule has 2 heterocycles. The molecule has 3 aromatic carbocycles. The van der Waals surface area contributed by atoms with Crippen LogP contribution in [0.5, 0.6) is 0 Å². The smallest absolute Gasteiger partial charge is 0.254 e. The molecule has 7 nitrogen and oxygen atoms in total. The minimum atomic E-state index is -0.177. The Morgan fingerprint density at radius 2 is 1.52 bits per heavy atom. The van der Waals surface area contributed by atoms with Crippen LogP contribution >= 0.6 is 11.6 Å². The summed E-state index contributed by atoms with van der Waals surface area (Å²) in [4.78, 5) is 32.3. The summed E-state index contributed by atoms with van der Waals surface area (Å²) in [6, 6.07) is 29.0. The van der Waals surface area contributed by atoms with Gasteiger partial charge in [0, 0.05) is 48.9 Å². The summed E-state index contributed by atoms with van der Waals surface area (Å²) in [7, 11) is 0. The first kappa shape index (κ1) is 27.3. The van der Waals surface area contributed by atoms with E-state index in [2.05, 4.69) is 34.2 Å². The fraction of sp³-hybridized carbons (Fsp3) is 0.250. The van der Waals surface area contributed by atoms with Crippen molar-refractivity contribution in [3.05, 3.63) is 113 Å². The van der Waals surface area contributed by atoms with Gasteiger partial charge in [-0.2, -0.15) is 0 Å². The van der Waals surface area contributed by atoms with Crippen molar-refractivity contribution >= 4 is 29.2 Å². The molecule has 0 radical (unpaired) electrons. The topological polar surface area (TPSA) is 69.6 Å². The molecule has 0 N–H and O–H groups in total. The molecule has 1 aromatic heterocycles. The second-order valence-electron chi connectivity index (χ2n) is 9.98. The van der Waals surface area contributed by atoms with Crippen LogP contribution in [0, 0.1) is 6.92 Å². The van der Waals surface area contributed by atoms with E-state index in [9.17, 15) is 9.59 Å². The largest absolute Gasteiger partial charge is 0.352 e. The minimum absolute atomic E-state index is 0.0271. The first-order chi connectivity index (χ1) is 19.5. The SMILES string of the molecule is Cc1ccc(-c2ccc(N3CCN(C(=O)CN(CCc4ccccc4)C(=O)c4ccc(Cl)cc4)CC3)nn2)cc1. The molecule has 204 valence electrons. The molecule has 8 heteroatoms. The Kier molecular flexibility index (Phi) is 8.71. The van der Waals surface area contributed by atoms with Gasteiger partial charge in [0.25, 0.3) is 5.91 Å². The van der Waals surface area contributed by atoms with Gasteiger partial charge in [-0.25, -0.2) is 0 Å². The van der Waals surface area contributed by atoms with Gasteiger partial charge in [0.05, 0.1) is 5.69 Å². The lowest BCUT2D eigenvalue weighted by molar-refractivity contribution is -0.132. The van der Waals surface area contributed by atoms with Gasteiger partial charge in [-0.05, 0) is 55.3 Å². The molecule has 5 rings (SSSR count). The molecule has 1 aliphatic heterocycles. The fourth-order valence-electron chi connectivity index (χ4n) is 4.76. The van der Waals surface area contributed by atoms with E-state index in [4.69, 9.17) is 11.6 Å². The lowest BCUT2D eigenvalue weighted by Crippen LogP contribution is -2.52. The van der Waals surface area contributed by atoms with Gasteiger partial charge in [0.1, 0.15) is 6.54 Å². The average Bonchev–Trinajstić information content (AvgIpc) is 3.00. The molecular formula is C32H32ClN5O2. The molecule has 0 saturated carbocycles. The molecule has 0 spiro atoms. The number of aryl methyl sites for hydroxylation is 1. The van der Waals surface area contributed by atoms with Gasteiger partial charge in [-0.3, -0.25) is 9.59 Å². The van der Waals surface area contributed by atoms with Gasteiger partial charge < -0.3 is 14.7 Å². The van der Waals surface area contributed by atoms with Gasteiger partial charge in [0.2, 0.25) is 5.91 Å². The van der Waals surface area contributed by atoms with Crippen LogP contribution in [-0.2, 0) is 11.2 Å². The maximum Gasteiger partial charge on any atom is 0.254 e. The van der Waals surface area contributed by atoms with Crippen molar-refractivity contribution in [3.63, 3.8) is 0 Å². The average molecular weight is 554 g/mol. The second-order valence-corrected chi connectivity index (χ2v) is 10.4. The maximum atomic E-state index is 13.4. The Hall–Kier alpha value is -4.23. The van der Waals surface area contributed by atoms with E-state index >= 15 is 0 Å². The van der Waals surface area contributed by atoms with E-state index in [0.717, 1.165) is 22.6 Å². The Morgan fingerprint density at radius 3 is 2.17 bits per heavy atom. The Balaban J connectivity index is 1.20. The number of amides is 2. The number of rotatable bonds is 8. The van der Waals surface area contributed by atoms with Crippen molar-refractivity contribution in [3.8, 4) is 11.3 Å². The van der Waals surface area contributed by atoms with E-state index in [0.29, 0.717) is 49.7 Å². The number of hydrogen-bond donors (Lipinski definition) is 0. The molecule has 2 amide bonds. The molecule has 4 aromatic rings. The van der Waals surface area contributed by atoms with Gasteiger partial charge in [0.15, 0.2) is 5.82 Å². The van der Waals surface area contributed by atoms with Crippen LogP contribution in [0.2, 0.25) is 5.02 Å². The molecule has 1 fully saturated rings. The zero-order valence-electron chi connectivity index (χ0n) is 22.5. The van der Waals surface area contributed by atoms with Crippen molar-refractivity contribution in [2.75, 3.05) is 44.2 Å². The quantitative estimate of drug-likeness (QED) is 0.302. The zero-order chi connectivity index (χ0) is 27.9. The van der Waals surface area contributed by atoms with Crippen LogP contribution < -0.4 is 4.90 Å². The van der Waals surface area contributed by atoms with E-state index < -0.39 is 0 Å². The fourth-order valence-corrected chi connectivity index (χ4v) is 4.88. The predicted octanol–water partition coefficient (Wildman–Crippen LogP) is 5.14. The molecule has 0 atom stereocenters. The van der Waals surface area contributed by atoms with E-state index in [-0.39, 0.29) is 18.4 Å². The summed E-state index contributed by atoms with van der Waals surface area (Å²) in [5, 5.41) is 9.43. The second kappa shape index (κ2) is 12.7. The lowest BCUT2D eigenvalue weighted by atomic mass is 10.1. The molecule has 1 aliphatic rings. The molecular weight excluding hydrogens is 522 g/mol. The van der Waals surface area contributed by atoms with Crippen LogP contribution in [0.15, 0.2) is 91.0 Å². The molecule has 0 bridgehead atoms. The number of aromatic nitrogens is 2. The summed E-state index contributed by atoms with van der Waals surface area (Å²) in [6.45, 7) is 4.95. The summed E-state index contributed by atoms with van der Waals surface area (Å²) >= 11 is 6.02. The number of hydrogen-bond acceptors (Lipinski definition) is 5. The van der Waals surface area contributed by atoms with Crippen LogP contribution in [-0.4, -0.2) is 71.1 Å². The highest BCUT2D eigenvalue weighted by molar-refractivity contribution is 6.30. The Morgan fingerprint density at radius 1 is 0.825 bits per heavy atom. The number of anilines is 1. The number of halogens is 1. The predicted molar refractivity (Wildman–Crippen MR) is 158 cm³/mol. The number of nitrogens with zero attached hydrogens (tertiary/aromatic N) is 5. The third-order valence-corrected chi connectivity index (χ3v) is 7.42. The number of carbonyl (C=O) groups is 2. The van der Waals surface area contributed by atoms with Crippen LogP contribution in [0.1, 0.15) is 21.5 Å². The zero-order valence-corrected chi connectivity index (χ0v) is 23.3. The van der Waals surface area contributed by atoms with Crippen LogP contribution in [0.3, 0.4) is 0 Å². The van der Waals surface area contributed by atoms with E-state index in [1.807, 2.05) is 59.5 Å². The molecule has 1 saturated heterocycles. The summed E-state index contributed by atoms with van der Waals surface area (Å²) in [6.07, 6.45) is 0.665. The van der Waals surface area contributed by atoms with Gasteiger partial charge in [-0.15, -0.1) is 10.2 Å². The monoisotopic (exact) mass is 553 g/mol. The standard InChI is InChI=1S/C32H32ClN5O2/c1-24-7-9-26(10-8-24)29-15-16-30(35-34-29)36-19-21-37(22-20-36)31(39)23-38(18-17-25-5-3-2-4-6-25)32(40)27-11-13-28(33)14-12-27/h2-16H,17-23H2,1H3. The molecule has 0 unspecified atom stereocenters. The van der Waals surface area contributed by atoms with Crippen molar-refractivity contribution in [1.82, 2.24) is 20.0 Å². The number of benzene rings is 3. The lowest BCUT2D eigenvalue weighted by Gasteiger charge is -2.36. The highest BCUT2D eigenvalue weighted by Gasteiger charge is 2.26. The maximum absolute atomic E-state index is 13.4. The molecule has 0 aliphatic carbocycles. The van der Waals surface area contributed by atoms with Crippen LogP contribution in [0.4, 0.5) is 5.82 Å². The van der Waals surface area contributed by atoms with Gasteiger partial charge >= 0.3 is 0 Å². The normalized spacial score (nSPS) is 13.2. The summed E-state index contributed by atoms with van der Waals surface area (Å²) in [5.41, 5.74) is 4.70. The third-order valence-electron chi connectivity index (χ3n) is 7.17. The van der Waals surface area contributed by atoms with Crippen molar-refractivity contribution in [1.29, 1.82) is 0 Å². The summed E-state index contributed by atoms with van der Waals surface area (Å²) < 4.78 is 0. The number of piperazine rings is 1. The van der Waals surface area contributed by atoms with Gasteiger partial charge in [-0.1, -0.05) is 71.8 Å². The Labute approximate surface area is 240 Å². The van der Waals surface area contributed by atoms with E-state index in [1.54, 1.807) is 29.2 Å². The number of carbonyl (C=O) groups excluding carboxylic acids is 2. The molecule has 40 heavy (non-hydrogen) atoms. The highest BCUT2D eigenvalue weighted by atomic mass is 35.5. The first-order valence-corrected chi connectivity index (χ1v) is 13.9. The summed E-state index contributed by atoms with van der Waals surface area (Å²) in [5.74, 6) is 0.560. The van der Waals surface area contributed by atoms with E-state index in [1.165, 1.54) is 5.56 Å². The highest BCUT2D eigenvalue weighted by Crippen LogP contribution is 2.20. The first-order valence-electron chi connectivity index (χ1n) is 13.5. The Bertz CT molecular complexity index is 1420.